The molecule has 0 radical (unpaired) electrons. The van der Waals surface area contributed by atoms with Crippen molar-refractivity contribution < 1.29 is 9.47 Å². The summed E-state index contributed by atoms with van der Waals surface area (Å²) in [7, 11) is 0. The van der Waals surface area contributed by atoms with Crippen LogP contribution in [0.25, 0.3) is 0 Å². The lowest BCUT2D eigenvalue weighted by molar-refractivity contribution is 0.224. The first kappa shape index (κ1) is 14.3. The predicted octanol–water partition coefficient (Wildman–Crippen LogP) is 4.68. The molecule has 2 aromatic rings. The number of ether oxygens (including phenoxy) is 2. The van der Waals surface area contributed by atoms with Gasteiger partial charge in [0.2, 0.25) is 0 Å². The average molecular weight is 303 g/mol. The molecule has 0 saturated carbocycles. The third-order valence-corrected chi connectivity index (χ3v) is 4.28. The van der Waals surface area contributed by atoms with Gasteiger partial charge in [-0.05, 0) is 31.5 Å². The Kier molecular flexibility index (Phi) is 4.07. The van der Waals surface area contributed by atoms with E-state index in [-0.39, 0.29) is 11.5 Å². The van der Waals surface area contributed by atoms with Crippen molar-refractivity contribution in [2.45, 2.75) is 31.7 Å². The molecule has 2 nitrogen and oxygen atoms in total. The van der Waals surface area contributed by atoms with Crippen LogP contribution in [-0.2, 0) is 6.42 Å². The number of hydrogen-bond donors (Lipinski definition) is 0. The zero-order chi connectivity index (χ0) is 14.8. The van der Waals surface area contributed by atoms with Gasteiger partial charge in [-0.15, -0.1) is 11.6 Å². The van der Waals surface area contributed by atoms with E-state index in [1.165, 1.54) is 11.1 Å². The lowest BCUT2D eigenvalue weighted by Crippen LogP contribution is -2.20. The molecule has 0 amide bonds. The fourth-order valence-electron chi connectivity index (χ4n) is 2.74. The molecule has 3 heteroatoms. The largest absolute Gasteiger partial charge is 0.494 e. The van der Waals surface area contributed by atoms with Crippen LogP contribution in [0.1, 0.15) is 29.0 Å². The molecule has 110 valence electrons. The molecule has 0 spiro atoms. The zero-order valence-corrected chi connectivity index (χ0v) is 13.1. The molecule has 0 fully saturated rings. The van der Waals surface area contributed by atoms with Crippen LogP contribution in [0, 0.1) is 6.92 Å². The highest BCUT2D eigenvalue weighted by molar-refractivity contribution is 6.21. The van der Waals surface area contributed by atoms with Crippen LogP contribution in [0.4, 0.5) is 0 Å². The second kappa shape index (κ2) is 5.98. The van der Waals surface area contributed by atoms with Gasteiger partial charge in [-0.2, -0.15) is 0 Å². The average Bonchev–Trinajstić information content (AvgIpc) is 2.92. The van der Waals surface area contributed by atoms with E-state index in [0.717, 1.165) is 23.5 Å². The van der Waals surface area contributed by atoms with E-state index in [1.807, 2.05) is 37.3 Å². The van der Waals surface area contributed by atoms with Crippen molar-refractivity contribution in [1.82, 2.24) is 0 Å². The highest BCUT2D eigenvalue weighted by Crippen LogP contribution is 2.40. The first-order valence-corrected chi connectivity index (χ1v) is 7.74. The number of aryl methyl sites for hydroxylation is 1. The zero-order valence-electron chi connectivity index (χ0n) is 12.3. The Morgan fingerprint density at radius 2 is 2.10 bits per heavy atom. The fraction of sp³-hybridized carbons (Fsp3) is 0.333. The van der Waals surface area contributed by atoms with Gasteiger partial charge in [0.25, 0.3) is 0 Å². The molecule has 0 aliphatic carbocycles. The molecule has 0 aromatic heterocycles. The summed E-state index contributed by atoms with van der Waals surface area (Å²) in [5.74, 6) is 1.79. The number of halogens is 1. The van der Waals surface area contributed by atoms with Crippen LogP contribution < -0.4 is 9.47 Å². The Labute approximate surface area is 130 Å². The third kappa shape index (κ3) is 2.86. The van der Waals surface area contributed by atoms with Gasteiger partial charge in [0.15, 0.2) is 0 Å². The van der Waals surface area contributed by atoms with Crippen LogP contribution in [0.2, 0.25) is 0 Å². The topological polar surface area (TPSA) is 18.5 Å². The molecular formula is C18H19ClO2. The van der Waals surface area contributed by atoms with E-state index in [0.29, 0.717) is 6.61 Å². The highest BCUT2D eigenvalue weighted by Gasteiger charge is 2.31. The monoisotopic (exact) mass is 302 g/mol. The Balaban J connectivity index is 1.86. The van der Waals surface area contributed by atoms with Crippen LogP contribution >= 0.6 is 11.6 Å². The number of benzene rings is 2. The second-order valence-electron chi connectivity index (χ2n) is 5.34. The second-order valence-corrected chi connectivity index (χ2v) is 5.81. The van der Waals surface area contributed by atoms with Crippen LogP contribution in [-0.4, -0.2) is 12.7 Å². The van der Waals surface area contributed by atoms with Crippen LogP contribution in [0.3, 0.4) is 0 Å². The van der Waals surface area contributed by atoms with Crippen molar-refractivity contribution in [1.29, 1.82) is 0 Å². The molecule has 3 rings (SSSR count). The maximum atomic E-state index is 6.71. The molecule has 0 bridgehead atoms. The van der Waals surface area contributed by atoms with E-state index in [2.05, 4.69) is 19.1 Å². The highest BCUT2D eigenvalue weighted by atomic mass is 35.5. The summed E-state index contributed by atoms with van der Waals surface area (Å²) in [4.78, 5) is 0. The smallest absolute Gasteiger partial charge is 0.124 e. The van der Waals surface area contributed by atoms with E-state index in [4.69, 9.17) is 21.1 Å². The number of fused-ring (bicyclic) bond motifs is 1. The van der Waals surface area contributed by atoms with Gasteiger partial charge in [0.05, 0.1) is 12.0 Å². The molecule has 21 heavy (non-hydrogen) atoms. The standard InChI is InChI=1S/C18H19ClO2/c1-3-20-16-9-8-12(2)10-14(16)18(19)17-11-13-6-4-5-7-15(13)21-17/h4-10,17-18H,3,11H2,1-2H3. The van der Waals surface area contributed by atoms with Gasteiger partial charge in [-0.1, -0.05) is 35.9 Å². The summed E-state index contributed by atoms with van der Waals surface area (Å²) in [6.07, 6.45) is 0.786. The number of rotatable bonds is 4. The van der Waals surface area contributed by atoms with E-state index >= 15 is 0 Å². The van der Waals surface area contributed by atoms with Gasteiger partial charge >= 0.3 is 0 Å². The minimum absolute atomic E-state index is 0.0509. The number of para-hydroxylation sites is 1. The van der Waals surface area contributed by atoms with E-state index in [1.54, 1.807) is 0 Å². The van der Waals surface area contributed by atoms with Gasteiger partial charge in [-0.25, -0.2) is 0 Å². The van der Waals surface area contributed by atoms with Crippen LogP contribution in [0.5, 0.6) is 11.5 Å². The van der Waals surface area contributed by atoms with E-state index in [9.17, 15) is 0 Å². The molecule has 2 aromatic carbocycles. The van der Waals surface area contributed by atoms with Crippen molar-refractivity contribution in [3.8, 4) is 11.5 Å². The van der Waals surface area contributed by atoms with Crippen molar-refractivity contribution >= 4 is 11.6 Å². The lowest BCUT2D eigenvalue weighted by atomic mass is 10.0. The molecule has 2 unspecified atom stereocenters. The fourth-order valence-corrected chi connectivity index (χ4v) is 3.05. The van der Waals surface area contributed by atoms with Crippen molar-refractivity contribution in [2.24, 2.45) is 0 Å². The van der Waals surface area contributed by atoms with E-state index < -0.39 is 0 Å². The Hall–Kier alpha value is -1.67. The van der Waals surface area contributed by atoms with Gasteiger partial charge in [0.1, 0.15) is 17.6 Å². The normalized spacial score (nSPS) is 18.0. The molecular weight excluding hydrogens is 284 g/mol. The summed E-state index contributed by atoms with van der Waals surface area (Å²) in [5, 5.41) is -0.223. The van der Waals surface area contributed by atoms with Crippen molar-refractivity contribution in [2.75, 3.05) is 6.61 Å². The Morgan fingerprint density at radius 3 is 2.86 bits per heavy atom. The van der Waals surface area contributed by atoms with Gasteiger partial charge in [0, 0.05) is 12.0 Å². The molecule has 1 aliphatic rings. The SMILES string of the molecule is CCOc1ccc(C)cc1C(Cl)C1Cc2ccccc2O1. The maximum Gasteiger partial charge on any atom is 0.124 e. The Morgan fingerprint density at radius 1 is 1.29 bits per heavy atom. The molecule has 0 saturated heterocycles. The first-order valence-electron chi connectivity index (χ1n) is 7.31. The number of alkyl halides is 1. The minimum Gasteiger partial charge on any atom is -0.494 e. The summed E-state index contributed by atoms with van der Waals surface area (Å²) >= 11 is 6.71. The summed E-state index contributed by atoms with van der Waals surface area (Å²) in [6, 6.07) is 14.2. The minimum atomic E-state index is -0.223. The first-order chi connectivity index (χ1) is 10.2. The van der Waals surface area contributed by atoms with Crippen molar-refractivity contribution in [3.05, 3.63) is 59.2 Å². The van der Waals surface area contributed by atoms with Crippen LogP contribution in [0.15, 0.2) is 42.5 Å². The summed E-state index contributed by atoms with van der Waals surface area (Å²) in [6.45, 7) is 4.67. The summed E-state index contributed by atoms with van der Waals surface area (Å²) in [5.41, 5.74) is 3.41. The van der Waals surface area contributed by atoms with Gasteiger partial charge < -0.3 is 9.47 Å². The molecule has 1 heterocycles. The number of hydrogen-bond acceptors (Lipinski definition) is 2. The quantitative estimate of drug-likeness (QED) is 0.764. The molecule has 2 atom stereocenters. The third-order valence-electron chi connectivity index (χ3n) is 3.76. The lowest BCUT2D eigenvalue weighted by Gasteiger charge is -2.21. The Bertz CT molecular complexity index is 614. The molecule has 0 N–H and O–H groups in total. The molecule has 1 aliphatic heterocycles. The van der Waals surface area contributed by atoms with Gasteiger partial charge in [-0.3, -0.25) is 0 Å². The summed E-state index contributed by atoms with van der Waals surface area (Å²) < 4.78 is 11.7. The van der Waals surface area contributed by atoms with Crippen molar-refractivity contribution in [3.63, 3.8) is 0 Å². The predicted molar refractivity (Wildman–Crippen MR) is 85.5 cm³/mol. The maximum absolute atomic E-state index is 6.71.